The van der Waals surface area contributed by atoms with Crippen LogP contribution >= 0.6 is 0 Å². The van der Waals surface area contributed by atoms with Crippen LogP contribution in [0.2, 0.25) is 0 Å². The van der Waals surface area contributed by atoms with Gasteiger partial charge in [0.15, 0.2) is 23.5 Å². The minimum absolute atomic E-state index is 0.000201. The van der Waals surface area contributed by atoms with Crippen molar-refractivity contribution in [3.05, 3.63) is 24.3 Å². The van der Waals surface area contributed by atoms with Crippen LogP contribution in [0.15, 0.2) is 24.3 Å². The summed E-state index contributed by atoms with van der Waals surface area (Å²) in [6.07, 6.45) is 7.71. The summed E-state index contributed by atoms with van der Waals surface area (Å²) in [5.41, 5.74) is 0. The summed E-state index contributed by atoms with van der Waals surface area (Å²) in [7, 11) is 3.28. The van der Waals surface area contributed by atoms with Gasteiger partial charge in [-0.25, -0.2) is 4.79 Å². The van der Waals surface area contributed by atoms with Gasteiger partial charge in [0, 0.05) is 65.1 Å². The predicted octanol–water partition coefficient (Wildman–Crippen LogP) is 5.53. The normalized spacial score (nSPS) is 45.9. The highest BCUT2D eigenvalue weighted by atomic mass is 16.8. The highest BCUT2D eigenvalue weighted by Crippen LogP contribution is 2.53. The van der Waals surface area contributed by atoms with Crippen molar-refractivity contribution < 1.29 is 82.9 Å². The Labute approximate surface area is 408 Å². The molecule has 6 N–H and O–H groups in total. The van der Waals surface area contributed by atoms with Gasteiger partial charge in [-0.2, -0.15) is 0 Å². The molecule has 20 atom stereocenters. The molecule has 394 valence electrons. The molecule has 0 saturated carbocycles. The molecule has 0 unspecified atom stereocenters. The minimum atomic E-state index is -1.46. The van der Waals surface area contributed by atoms with E-state index in [1.54, 1.807) is 26.4 Å². The smallest absolute Gasteiger partial charge is 0.332 e. The van der Waals surface area contributed by atoms with E-state index in [1.807, 2.05) is 19.1 Å². The molecule has 17 nitrogen and oxygen atoms in total. The van der Waals surface area contributed by atoms with E-state index < -0.39 is 90.3 Å². The molecule has 7 saturated heterocycles. The van der Waals surface area contributed by atoms with Crippen molar-refractivity contribution in [2.45, 2.75) is 258 Å². The molecule has 0 aliphatic carbocycles. The quantitative estimate of drug-likeness (QED) is 0.123. The zero-order valence-corrected chi connectivity index (χ0v) is 41.6. The lowest BCUT2D eigenvalue weighted by molar-refractivity contribution is -0.414. The molecule has 3 spiro atoms. The fourth-order valence-electron chi connectivity index (χ4n) is 12.2. The first-order valence-corrected chi connectivity index (χ1v) is 26.2. The Morgan fingerprint density at radius 1 is 0.725 bits per heavy atom. The van der Waals surface area contributed by atoms with Crippen LogP contribution in [0.3, 0.4) is 0 Å². The van der Waals surface area contributed by atoms with Crippen molar-refractivity contribution >= 4 is 11.9 Å². The number of esters is 1. The van der Waals surface area contributed by atoms with Crippen LogP contribution in [0.4, 0.5) is 0 Å². The molecule has 7 rings (SSSR count). The first-order valence-electron chi connectivity index (χ1n) is 26.2. The van der Waals surface area contributed by atoms with Crippen LogP contribution in [0.25, 0.3) is 0 Å². The number of carbonyl (C=O) groups excluding carboxylic acids is 1. The Morgan fingerprint density at radius 2 is 1.46 bits per heavy atom. The van der Waals surface area contributed by atoms with E-state index in [1.165, 1.54) is 0 Å². The lowest BCUT2D eigenvalue weighted by atomic mass is 9.81. The maximum absolute atomic E-state index is 13.9. The maximum Gasteiger partial charge on any atom is 0.332 e. The number of allylic oxidation sites excluding steroid dienone is 2. The molecule has 7 fully saturated rings. The molecule has 9 bridgehead atoms. The summed E-state index contributed by atoms with van der Waals surface area (Å²) in [5, 5.41) is 64.9. The number of methoxy groups -OCH3 is 2. The zero-order valence-electron chi connectivity index (χ0n) is 41.6. The van der Waals surface area contributed by atoms with E-state index in [9.17, 15) is 35.1 Å². The lowest BCUT2D eigenvalue weighted by Crippen LogP contribution is -2.59. The number of carbonyl (C=O) groups is 2. The minimum Gasteiger partial charge on any atom is -0.479 e. The third-order valence-corrected chi connectivity index (χ3v) is 16.4. The Bertz CT molecular complexity index is 1710. The van der Waals surface area contributed by atoms with Crippen LogP contribution in [-0.2, 0) is 52.2 Å². The van der Waals surface area contributed by atoms with E-state index in [0.717, 1.165) is 19.3 Å². The van der Waals surface area contributed by atoms with Gasteiger partial charge in [-0.3, -0.25) is 4.79 Å². The number of rotatable bonds is 9. The van der Waals surface area contributed by atoms with E-state index in [-0.39, 0.29) is 67.9 Å². The van der Waals surface area contributed by atoms with Gasteiger partial charge in [-0.15, -0.1) is 0 Å². The third-order valence-electron chi connectivity index (χ3n) is 16.4. The Hall–Kier alpha value is -2.10. The van der Waals surface area contributed by atoms with Gasteiger partial charge < -0.3 is 73.3 Å². The molecule has 7 aliphatic heterocycles. The van der Waals surface area contributed by atoms with Gasteiger partial charge >= 0.3 is 11.9 Å². The molecule has 7 heterocycles. The number of ether oxygens (including phenoxy) is 9. The molecule has 17 heteroatoms. The highest BCUT2D eigenvalue weighted by Gasteiger charge is 2.60. The molecule has 69 heavy (non-hydrogen) atoms. The van der Waals surface area contributed by atoms with Gasteiger partial charge in [0.05, 0.1) is 61.4 Å². The molecule has 0 radical (unpaired) electrons. The summed E-state index contributed by atoms with van der Waals surface area (Å²) in [6, 6.07) is 0. The SMILES string of the molecule is CO[C@H]1C[C@H]2CC[C@H](C)[C@H](O)[C@H](O)[C@H]3O[C@]4(CC[C@@H]3OC)CC[C@H](C)[C@@H](C[C@@H](O)C[C@H](O)C[C@@H]3CCC[C@H](CC(=O)O[C@H]5C[C@@]6(O[C@H]5C/C=C/CC=CC[C@@H](O)C(=O)O)O[C@](CC[C@@H]6C)(C1)O2)O3)O4. The predicted molar refractivity (Wildman–Crippen MR) is 249 cm³/mol. The highest BCUT2D eigenvalue weighted by molar-refractivity contribution is 5.72. The van der Waals surface area contributed by atoms with Crippen molar-refractivity contribution in [2.24, 2.45) is 17.8 Å². The van der Waals surface area contributed by atoms with Gasteiger partial charge in [0.2, 0.25) is 0 Å². The number of aliphatic hydroxyl groups excluding tert-OH is 5. The van der Waals surface area contributed by atoms with Crippen molar-refractivity contribution in [3.8, 4) is 0 Å². The molecule has 0 aromatic rings. The number of carboxylic acid groups (broad SMARTS) is 1. The monoisotopic (exact) mass is 981 g/mol. The Balaban J connectivity index is 1.12. The summed E-state index contributed by atoms with van der Waals surface area (Å²) < 4.78 is 59.1. The van der Waals surface area contributed by atoms with E-state index in [2.05, 4.69) is 13.8 Å². The van der Waals surface area contributed by atoms with Crippen LogP contribution in [-0.4, -0.2) is 160 Å². The standard InChI is InChI=1S/C52H84O17/c1-31-18-21-50-23-20-42(62-5)48(68-50)47(58)46(57)32(2)16-17-38-27-39(61-4)29-51(65-38)22-19-33(3)52(69-51)30-44(41(67-52)15-10-8-6-7-9-14-40(55)49(59)60)64-45(56)28-37-13-11-12-36(63-37)25-34(53)24-35(54)26-43(31)66-50/h7-10,31-44,46-48,53-55,57-58H,6,11-30H2,1-5H3,(H,59,60)/b9-7?,10-8+/t31-,32-,33-,34-,35-,36-,37+,38+,39-,40+,41-,42-,43+,44-,46-,47-,48-,50-,51+,52+/m0/s1. The third kappa shape index (κ3) is 13.9. The first-order chi connectivity index (χ1) is 32.9. The Morgan fingerprint density at radius 3 is 2.23 bits per heavy atom. The maximum atomic E-state index is 13.9. The fraction of sp³-hybridized carbons (Fsp3) is 0.885. The summed E-state index contributed by atoms with van der Waals surface area (Å²) in [6.45, 7) is 6.09. The number of fused-ring (bicyclic) bond motifs is 6. The van der Waals surface area contributed by atoms with Crippen LogP contribution < -0.4 is 0 Å². The largest absolute Gasteiger partial charge is 0.479 e. The number of carboxylic acids is 1. The van der Waals surface area contributed by atoms with E-state index >= 15 is 0 Å². The second kappa shape index (κ2) is 24.3. The van der Waals surface area contributed by atoms with Gasteiger partial charge in [-0.1, -0.05) is 45.1 Å². The van der Waals surface area contributed by atoms with Crippen LogP contribution in [0.1, 0.15) is 156 Å². The van der Waals surface area contributed by atoms with Gasteiger partial charge in [0.25, 0.3) is 0 Å². The molecular formula is C52H84O17. The second-order valence-corrected chi connectivity index (χ2v) is 21.7. The number of hydrogen-bond donors (Lipinski definition) is 6. The topological polar surface area (TPSA) is 239 Å². The molecule has 0 amide bonds. The van der Waals surface area contributed by atoms with E-state index in [0.29, 0.717) is 89.9 Å². The van der Waals surface area contributed by atoms with Crippen molar-refractivity contribution in [1.82, 2.24) is 0 Å². The number of aliphatic hydroxyl groups is 5. The summed E-state index contributed by atoms with van der Waals surface area (Å²) in [4.78, 5) is 24.9. The summed E-state index contributed by atoms with van der Waals surface area (Å²) in [5.74, 6) is -5.22. The van der Waals surface area contributed by atoms with Crippen molar-refractivity contribution in [1.29, 1.82) is 0 Å². The molecule has 7 aliphatic rings. The number of aliphatic carboxylic acids is 1. The fourth-order valence-corrected chi connectivity index (χ4v) is 12.2. The van der Waals surface area contributed by atoms with Crippen LogP contribution in [0, 0.1) is 17.8 Å². The summed E-state index contributed by atoms with van der Waals surface area (Å²) >= 11 is 0. The van der Waals surface area contributed by atoms with Gasteiger partial charge in [-0.05, 0) is 95.3 Å². The van der Waals surface area contributed by atoms with E-state index in [4.69, 9.17) is 47.7 Å². The van der Waals surface area contributed by atoms with Crippen molar-refractivity contribution in [2.75, 3.05) is 14.2 Å². The first kappa shape index (κ1) is 54.7. The number of hydrogen-bond acceptors (Lipinski definition) is 16. The van der Waals surface area contributed by atoms with Crippen molar-refractivity contribution in [3.63, 3.8) is 0 Å². The molecular weight excluding hydrogens is 897 g/mol. The molecule has 0 aromatic carbocycles. The Kier molecular flexibility index (Phi) is 19.2. The van der Waals surface area contributed by atoms with Gasteiger partial charge in [0.1, 0.15) is 24.4 Å². The zero-order chi connectivity index (χ0) is 49.5. The second-order valence-electron chi connectivity index (χ2n) is 21.7. The lowest BCUT2D eigenvalue weighted by Gasteiger charge is -2.53. The molecule has 0 aromatic heterocycles. The van der Waals surface area contributed by atoms with Crippen LogP contribution in [0.5, 0.6) is 0 Å². The average Bonchev–Trinajstić information content (AvgIpc) is 3.65. The average molecular weight is 981 g/mol.